The van der Waals surface area contributed by atoms with Gasteiger partial charge in [0.2, 0.25) is 0 Å². The lowest BCUT2D eigenvalue weighted by molar-refractivity contribution is 0.150. The second-order valence-corrected chi connectivity index (χ2v) is 5.57. The number of anilines is 1. The maximum absolute atomic E-state index is 10.5. The number of hydrogen-bond donors (Lipinski definition) is 2. The maximum atomic E-state index is 10.5. The molecule has 1 aromatic carbocycles. The predicted molar refractivity (Wildman–Crippen MR) is 83.5 cm³/mol. The highest BCUT2D eigenvalue weighted by atomic mass is 79.9. The molecule has 0 fully saturated rings. The predicted octanol–water partition coefficient (Wildman–Crippen LogP) is 3.55. The van der Waals surface area contributed by atoms with Crippen LogP contribution in [0.15, 0.2) is 47.1 Å². The van der Waals surface area contributed by atoms with Crippen LogP contribution < -0.4 is 5.32 Å². The van der Waals surface area contributed by atoms with Gasteiger partial charge in [-0.15, -0.1) is 5.10 Å². The molecule has 106 valence electrons. The van der Waals surface area contributed by atoms with E-state index >= 15 is 0 Å². The number of halogens is 1. The SMILES string of the molecule is CCCC(Nc1cc(Br)cnn1)C(O)c1ccccc1. The summed E-state index contributed by atoms with van der Waals surface area (Å²) in [6.07, 6.45) is 2.89. The van der Waals surface area contributed by atoms with Crippen LogP contribution in [0.2, 0.25) is 0 Å². The normalized spacial score (nSPS) is 13.8. The van der Waals surface area contributed by atoms with Crippen LogP contribution in [0.1, 0.15) is 31.4 Å². The Kier molecular flexibility index (Phi) is 5.49. The molecule has 0 saturated carbocycles. The van der Waals surface area contributed by atoms with Crippen molar-refractivity contribution in [1.82, 2.24) is 10.2 Å². The lowest BCUT2D eigenvalue weighted by atomic mass is 9.98. The van der Waals surface area contributed by atoms with E-state index in [0.29, 0.717) is 5.82 Å². The molecule has 1 heterocycles. The number of hydrogen-bond acceptors (Lipinski definition) is 4. The molecule has 0 bridgehead atoms. The number of rotatable bonds is 6. The molecule has 0 radical (unpaired) electrons. The van der Waals surface area contributed by atoms with Crippen LogP contribution in [0, 0.1) is 0 Å². The van der Waals surface area contributed by atoms with Gasteiger partial charge in [0.05, 0.1) is 18.3 Å². The highest BCUT2D eigenvalue weighted by Crippen LogP contribution is 2.23. The van der Waals surface area contributed by atoms with Gasteiger partial charge in [-0.3, -0.25) is 0 Å². The lowest BCUT2D eigenvalue weighted by Crippen LogP contribution is -2.28. The first-order valence-electron chi connectivity index (χ1n) is 6.68. The molecule has 20 heavy (non-hydrogen) atoms. The van der Waals surface area contributed by atoms with Gasteiger partial charge in [-0.05, 0) is 34.0 Å². The minimum absolute atomic E-state index is 0.0917. The van der Waals surface area contributed by atoms with E-state index in [1.54, 1.807) is 6.20 Å². The van der Waals surface area contributed by atoms with E-state index in [9.17, 15) is 5.11 Å². The average molecular weight is 336 g/mol. The van der Waals surface area contributed by atoms with Gasteiger partial charge in [0.15, 0.2) is 0 Å². The zero-order valence-corrected chi connectivity index (χ0v) is 12.9. The van der Waals surface area contributed by atoms with Crippen LogP contribution in [0.5, 0.6) is 0 Å². The van der Waals surface area contributed by atoms with E-state index in [4.69, 9.17) is 0 Å². The summed E-state index contributed by atoms with van der Waals surface area (Å²) in [4.78, 5) is 0. The first kappa shape index (κ1) is 14.9. The Balaban J connectivity index is 2.14. The minimum atomic E-state index is -0.572. The lowest BCUT2D eigenvalue weighted by Gasteiger charge is -2.24. The fourth-order valence-corrected chi connectivity index (χ4v) is 2.41. The Hall–Kier alpha value is -1.46. The second-order valence-electron chi connectivity index (χ2n) is 4.65. The number of aliphatic hydroxyl groups is 1. The minimum Gasteiger partial charge on any atom is -0.386 e. The molecule has 2 aromatic rings. The van der Waals surface area contributed by atoms with Crippen molar-refractivity contribution in [2.24, 2.45) is 0 Å². The van der Waals surface area contributed by atoms with Gasteiger partial charge < -0.3 is 10.4 Å². The van der Waals surface area contributed by atoms with Gasteiger partial charge in [-0.1, -0.05) is 43.7 Å². The molecule has 0 amide bonds. The summed E-state index contributed by atoms with van der Waals surface area (Å²) in [5.41, 5.74) is 0.904. The van der Waals surface area contributed by atoms with Gasteiger partial charge in [0.1, 0.15) is 5.82 Å². The molecular formula is C15H18BrN3O. The smallest absolute Gasteiger partial charge is 0.150 e. The van der Waals surface area contributed by atoms with Gasteiger partial charge >= 0.3 is 0 Å². The van der Waals surface area contributed by atoms with Crippen molar-refractivity contribution in [2.45, 2.75) is 31.9 Å². The molecule has 2 unspecified atom stereocenters. The standard InChI is InChI=1S/C15H18BrN3O/c1-2-6-13(15(20)11-7-4-3-5-8-11)18-14-9-12(16)10-17-19-14/h3-5,7-10,13,15,20H,2,6H2,1H3,(H,18,19). The molecule has 4 nitrogen and oxygen atoms in total. The summed E-state index contributed by atoms with van der Waals surface area (Å²) in [5, 5.41) is 21.7. The van der Waals surface area contributed by atoms with Crippen LogP contribution in [-0.4, -0.2) is 21.3 Å². The molecule has 0 saturated heterocycles. The van der Waals surface area contributed by atoms with Crippen molar-refractivity contribution in [3.05, 3.63) is 52.6 Å². The summed E-state index contributed by atoms with van der Waals surface area (Å²) in [6.45, 7) is 2.10. The monoisotopic (exact) mass is 335 g/mol. The third-order valence-corrected chi connectivity index (χ3v) is 3.51. The zero-order chi connectivity index (χ0) is 14.4. The largest absolute Gasteiger partial charge is 0.386 e. The quantitative estimate of drug-likeness (QED) is 0.847. The summed E-state index contributed by atoms with van der Waals surface area (Å²) >= 11 is 3.37. The van der Waals surface area contributed by atoms with Gasteiger partial charge in [0.25, 0.3) is 0 Å². The molecule has 1 aromatic heterocycles. The van der Waals surface area contributed by atoms with Crippen molar-refractivity contribution < 1.29 is 5.11 Å². The Morgan fingerprint density at radius 1 is 1.30 bits per heavy atom. The number of nitrogens with zero attached hydrogens (tertiary/aromatic N) is 2. The van der Waals surface area contributed by atoms with Crippen LogP contribution in [-0.2, 0) is 0 Å². The number of aliphatic hydroxyl groups excluding tert-OH is 1. The summed E-state index contributed by atoms with van der Waals surface area (Å²) in [5.74, 6) is 0.660. The third-order valence-electron chi connectivity index (χ3n) is 3.08. The van der Waals surface area contributed by atoms with Crippen molar-refractivity contribution in [2.75, 3.05) is 5.32 Å². The highest BCUT2D eigenvalue weighted by molar-refractivity contribution is 9.10. The Labute approximate surface area is 127 Å². The van der Waals surface area contributed by atoms with Gasteiger partial charge in [0, 0.05) is 4.47 Å². The Bertz CT molecular complexity index is 536. The van der Waals surface area contributed by atoms with Crippen molar-refractivity contribution in [3.63, 3.8) is 0 Å². The highest BCUT2D eigenvalue weighted by Gasteiger charge is 2.20. The van der Waals surface area contributed by atoms with E-state index in [0.717, 1.165) is 22.9 Å². The fourth-order valence-electron chi connectivity index (χ4n) is 2.11. The molecule has 0 aliphatic rings. The van der Waals surface area contributed by atoms with E-state index in [2.05, 4.69) is 38.4 Å². The van der Waals surface area contributed by atoms with Crippen LogP contribution in [0.3, 0.4) is 0 Å². The molecular weight excluding hydrogens is 318 g/mol. The Morgan fingerprint density at radius 3 is 2.70 bits per heavy atom. The van der Waals surface area contributed by atoms with E-state index in [-0.39, 0.29) is 6.04 Å². The third kappa shape index (κ3) is 4.02. The molecule has 2 atom stereocenters. The maximum Gasteiger partial charge on any atom is 0.150 e. The molecule has 0 spiro atoms. The van der Waals surface area contributed by atoms with Crippen molar-refractivity contribution in [3.8, 4) is 0 Å². The van der Waals surface area contributed by atoms with Gasteiger partial charge in [-0.25, -0.2) is 0 Å². The number of nitrogens with one attached hydrogen (secondary N) is 1. The first-order valence-corrected chi connectivity index (χ1v) is 7.47. The topological polar surface area (TPSA) is 58.0 Å². The van der Waals surface area contributed by atoms with Gasteiger partial charge in [-0.2, -0.15) is 5.10 Å². The van der Waals surface area contributed by atoms with Crippen molar-refractivity contribution in [1.29, 1.82) is 0 Å². The summed E-state index contributed by atoms with van der Waals surface area (Å²) in [7, 11) is 0. The first-order chi connectivity index (χ1) is 9.70. The zero-order valence-electron chi connectivity index (χ0n) is 11.3. The van der Waals surface area contributed by atoms with E-state index in [1.165, 1.54) is 0 Å². The molecule has 0 aliphatic carbocycles. The van der Waals surface area contributed by atoms with E-state index in [1.807, 2.05) is 36.4 Å². The number of benzene rings is 1. The number of aromatic nitrogens is 2. The molecule has 0 aliphatic heterocycles. The summed E-state index contributed by atoms with van der Waals surface area (Å²) in [6, 6.07) is 11.4. The summed E-state index contributed by atoms with van der Waals surface area (Å²) < 4.78 is 0.861. The molecule has 2 N–H and O–H groups in total. The van der Waals surface area contributed by atoms with Crippen LogP contribution in [0.25, 0.3) is 0 Å². The van der Waals surface area contributed by atoms with Crippen molar-refractivity contribution >= 4 is 21.7 Å². The van der Waals surface area contributed by atoms with E-state index < -0.39 is 6.10 Å². The average Bonchev–Trinajstić information content (AvgIpc) is 2.47. The fraction of sp³-hybridized carbons (Fsp3) is 0.333. The molecule has 2 rings (SSSR count). The second kappa shape index (κ2) is 7.36. The van der Waals surface area contributed by atoms with Crippen LogP contribution in [0.4, 0.5) is 5.82 Å². The van der Waals surface area contributed by atoms with Crippen LogP contribution >= 0.6 is 15.9 Å². The molecule has 5 heteroatoms. The Morgan fingerprint density at radius 2 is 2.05 bits per heavy atom.